The molecule has 1 aliphatic heterocycles. The smallest absolute Gasteiger partial charge is 0.243 e. The van der Waals surface area contributed by atoms with E-state index in [0.29, 0.717) is 13.0 Å². The second-order valence-electron chi connectivity index (χ2n) is 7.48. The fourth-order valence-corrected chi connectivity index (χ4v) is 5.34. The Morgan fingerprint density at radius 2 is 1.66 bits per heavy atom. The van der Waals surface area contributed by atoms with Crippen LogP contribution in [0.15, 0.2) is 47.4 Å². The second kappa shape index (κ2) is 9.69. The van der Waals surface area contributed by atoms with Crippen LogP contribution in [0.2, 0.25) is 0 Å². The minimum Gasteiger partial charge on any atom is -0.340 e. The van der Waals surface area contributed by atoms with Crippen molar-refractivity contribution in [3.63, 3.8) is 0 Å². The van der Waals surface area contributed by atoms with Gasteiger partial charge in [-0.1, -0.05) is 44.2 Å². The third-order valence-electron chi connectivity index (χ3n) is 5.58. The number of carbonyl (C=O) groups is 1. The van der Waals surface area contributed by atoms with Crippen LogP contribution in [0, 0.1) is 0 Å². The molecule has 3 rings (SSSR count). The fourth-order valence-electron chi connectivity index (χ4n) is 3.77. The van der Waals surface area contributed by atoms with Crippen molar-refractivity contribution in [1.29, 1.82) is 0 Å². The van der Waals surface area contributed by atoms with E-state index in [9.17, 15) is 13.2 Å². The van der Waals surface area contributed by atoms with Gasteiger partial charge in [-0.05, 0) is 35.9 Å². The summed E-state index contributed by atoms with van der Waals surface area (Å²) in [5.74, 6) is 0.0376. The number of fused-ring (bicyclic) bond motifs is 1. The number of rotatable bonds is 8. The molecule has 0 aromatic heterocycles. The number of sulfonamides is 1. The van der Waals surface area contributed by atoms with Crippen LogP contribution in [-0.2, 0) is 14.8 Å². The SMILES string of the molecule is CCCN(CCC(=O)N1CCN(CC)CC1)S(=O)(=O)c1ccc2ccccc2c1. The Morgan fingerprint density at radius 1 is 0.966 bits per heavy atom. The molecule has 0 bridgehead atoms. The lowest BCUT2D eigenvalue weighted by molar-refractivity contribution is -0.133. The average Bonchev–Trinajstić information content (AvgIpc) is 2.76. The molecule has 1 amide bonds. The Bertz CT molecular complexity index is 937. The van der Waals surface area contributed by atoms with E-state index in [1.807, 2.05) is 42.2 Å². The zero-order valence-corrected chi connectivity index (χ0v) is 18.2. The van der Waals surface area contributed by atoms with E-state index in [4.69, 9.17) is 0 Å². The molecule has 0 saturated carbocycles. The lowest BCUT2D eigenvalue weighted by Crippen LogP contribution is -2.49. The van der Waals surface area contributed by atoms with E-state index in [1.54, 1.807) is 12.1 Å². The van der Waals surface area contributed by atoms with Gasteiger partial charge in [0.25, 0.3) is 0 Å². The van der Waals surface area contributed by atoms with Gasteiger partial charge in [0, 0.05) is 45.7 Å². The van der Waals surface area contributed by atoms with Gasteiger partial charge in [-0.25, -0.2) is 8.42 Å². The highest BCUT2D eigenvalue weighted by Crippen LogP contribution is 2.22. The molecule has 0 N–H and O–H groups in total. The first-order valence-electron chi connectivity index (χ1n) is 10.4. The highest BCUT2D eigenvalue weighted by molar-refractivity contribution is 7.89. The van der Waals surface area contributed by atoms with Gasteiger partial charge in [-0.2, -0.15) is 4.31 Å². The van der Waals surface area contributed by atoms with Crippen LogP contribution in [0.1, 0.15) is 26.7 Å². The Kier molecular flexibility index (Phi) is 7.27. The van der Waals surface area contributed by atoms with Gasteiger partial charge in [0.15, 0.2) is 0 Å². The number of nitrogens with zero attached hydrogens (tertiary/aromatic N) is 3. The van der Waals surface area contributed by atoms with Crippen LogP contribution in [0.4, 0.5) is 0 Å². The molecule has 0 atom stereocenters. The molecule has 0 aliphatic carbocycles. The number of benzene rings is 2. The van der Waals surface area contributed by atoms with Crippen molar-refractivity contribution < 1.29 is 13.2 Å². The number of amides is 1. The van der Waals surface area contributed by atoms with Gasteiger partial charge in [0.05, 0.1) is 4.90 Å². The van der Waals surface area contributed by atoms with E-state index >= 15 is 0 Å². The molecule has 1 fully saturated rings. The monoisotopic (exact) mass is 417 g/mol. The summed E-state index contributed by atoms with van der Waals surface area (Å²) >= 11 is 0. The molecule has 29 heavy (non-hydrogen) atoms. The largest absolute Gasteiger partial charge is 0.340 e. The maximum Gasteiger partial charge on any atom is 0.243 e. The lowest BCUT2D eigenvalue weighted by Gasteiger charge is -2.34. The molecule has 7 heteroatoms. The predicted octanol–water partition coefficient (Wildman–Crippen LogP) is 2.79. The summed E-state index contributed by atoms with van der Waals surface area (Å²) in [6.45, 7) is 8.91. The Morgan fingerprint density at radius 3 is 2.31 bits per heavy atom. The molecule has 2 aromatic carbocycles. The molecule has 0 unspecified atom stereocenters. The number of carbonyl (C=O) groups excluding carboxylic acids is 1. The second-order valence-corrected chi connectivity index (χ2v) is 9.42. The van der Waals surface area contributed by atoms with Crippen LogP contribution in [-0.4, -0.2) is 74.2 Å². The van der Waals surface area contributed by atoms with Gasteiger partial charge in [0.2, 0.25) is 15.9 Å². The average molecular weight is 418 g/mol. The molecule has 0 radical (unpaired) electrons. The van der Waals surface area contributed by atoms with Crippen molar-refractivity contribution in [3.05, 3.63) is 42.5 Å². The molecule has 1 aliphatic rings. The predicted molar refractivity (Wildman–Crippen MR) is 116 cm³/mol. The maximum absolute atomic E-state index is 13.2. The molecule has 158 valence electrons. The molecule has 6 nitrogen and oxygen atoms in total. The van der Waals surface area contributed by atoms with Crippen LogP contribution >= 0.6 is 0 Å². The van der Waals surface area contributed by atoms with Gasteiger partial charge in [0.1, 0.15) is 0 Å². The summed E-state index contributed by atoms with van der Waals surface area (Å²) in [6, 6.07) is 12.9. The summed E-state index contributed by atoms with van der Waals surface area (Å²) in [6.07, 6.45) is 0.926. The first kappa shape index (κ1) is 21.7. The van der Waals surface area contributed by atoms with Crippen LogP contribution in [0.5, 0.6) is 0 Å². The molecule has 0 spiro atoms. The highest BCUT2D eigenvalue weighted by atomic mass is 32.2. The number of piperazine rings is 1. The highest BCUT2D eigenvalue weighted by Gasteiger charge is 2.26. The molecule has 1 saturated heterocycles. The summed E-state index contributed by atoms with van der Waals surface area (Å²) in [5.41, 5.74) is 0. The molecule has 2 aromatic rings. The summed E-state index contributed by atoms with van der Waals surface area (Å²) < 4.78 is 27.9. The van der Waals surface area contributed by atoms with E-state index in [1.165, 1.54) is 4.31 Å². The molecule has 1 heterocycles. The maximum atomic E-state index is 13.2. The zero-order chi connectivity index (χ0) is 20.9. The normalized spacial score (nSPS) is 15.9. The van der Waals surface area contributed by atoms with Crippen molar-refractivity contribution in [2.24, 2.45) is 0 Å². The van der Waals surface area contributed by atoms with E-state index in [0.717, 1.165) is 43.5 Å². The van der Waals surface area contributed by atoms with E-state index < -0.39 is 10.0 Å². The molecular weight excluding hydrogens is 386 g/mol. The number of hydrogen-bond donors (Lipinski definition) is 0. The van der Waals surface area contributed by atoms with Gasteiger partial charge >= 0.3 is 0 Å². The Balaban J connectivity index is 1.70. The zero-order valence-electron chi connectivity index (χ0n) is 17.4. The minimum atomic E-state index is -3.64. The van der Waals surface area contributed by atoms with Crippen LogP contribution < -0.4 is 0 Å². The lowest BCUT2D eigenvalue weighted by atomic mass is 10.1. The Hall–Kier alpha value is -1.96. The van der Waals surface area contributed by atoms with Crippen molar-refractivity contribution >= 4 is 26.7 Å². The number of hydrogen-bond acceptors (Lipinski definition) is 4. The van der Waals surface area contributed by atoms with Crippen molar-refractivity contribution in [1.82, 2.24) is 14.1 Å². The summed E-state index contributed by atoms with van der Waals surface area (Å²) in [5, 5.41) is 1.91. The van der Waals surface area contributed by atoms with Crippen molar-refractivity contribution in [2.75, 3.05) is 45.8 Å². The topological polar surface area (TPSA) is 60.9 Å². The quantitative estimate of drug-likeness (QED) is 0.663. The standard InChI is InChI=1S/C22H31N3O3S/c1-3-12-25(13-11-22(26)24-16-14-23(4-2)15-17-24)29(27,28)21-10-9-19-7-5-6-8-20(19)18-21/h5-10,18H,3-4,11-17H2,1-2H3. The van der Waals surface area contributed by atoms with Gasteiger partial charge in [-0.15, -0.1) is 0 Å². The Labute approximate surface area is 174 Å². The third-order valence-corrected chi connectivity index (χ3v) is 7.47. The fraction of sp³-hybridized carbons (Fsp3) is 0.500. The minimum absolute atomic E-state index is 0.0376. The van der Waals surface area contributed by atoms with E-state index in [-0.39, 0.29) is 23.8 Å². The van der Waals surface area contributed by atoms with Gasteiger partial charge in [-0.3, -0.25) is 4.79 Å². The van der Waals surface area contributed by atoms with Gasteiger partial charge < -0.3 is 9.80 Å². The van der Waals surface area contributed by atoms with Crippen molar-refractivity contribution in [2.45, 2.75) is 31.6 Å². The molecular formula is C22H31N3O3S. The van der Waals surface area contributed by atoms with Crippen molar-refractivity contribution in [3.8, 4) is 0 Å². The summed E-state index contributed by atoms with van der Waals surface area (Å²) in [7, 11) is -3.64. The van der Waals surface area contributed by atoms with E-state index in [2.05, 4.69) is 11.8 Å². The van der Waals surface area contributed by atoms with Crippen LogP contribution in [0.25, 0.3) is 10.8 Å². The van der Waals surface area contributed by atoms with Crippen LogP contribution in [0.3, 0.4) is 0 Å². The third kappa shape index (κ3) is 5.15. The first-order chi connectivity index (χ1) is 14.0. The first-order valence-corrected chi connectivity index (χ1v) is 11.9. The number of likely N-dealkylation sites (N-methyl/N-ethyl adjacent to an activating group) is 1. The summed E-state index contributed by atoms with van der Waals surface area (Å²) in [4.78, 5) is 17.1.